The molecule has 1 aromatic heterocycles. The van der Waals surface area contributed by atoms with E-state index in [-0.39, 0.29) is 24.1 Å². The zero-order valence-corrected chi connectivity index (χ0v) is 18.2. The van der Waals surface area contributed by atoms with E-state index >= 15 is 0 Å². The van der Waals surface area contributed by atoms with Crippen molar-refractivity contribution in [1.82, 2.24) is 15.1 Å². The van der Waals surface area contributed by atoms with E-state index in [0.717, 1.165) is 22.6 Å². The van der Waals surface area contributed by atoms with Gasteiger partial charge in [0.25, 0.3) is 5.91 Å². The third kappa shape index (κ3) is 6.07. The molecule has 0 aliphatic carbocycles. The van der Waals surface area contributed by atoms with Gasteiger partial charge in [-0.1, -0.05) is 24.3 Å². The number of methoxy groups -OCH3 is 1. The maximum Gasteiger partial charge on any atom is 0.272 e. The van der Waals surface area contributed by atoms with Crippen molar-refractivity contribution in [3.63, 3.8) is 0 Å². The number of benzene rings is 2. The molecule has 1 atom stereocenters. The number of amidine groups is 1. The summed E-state index contributed by atoms with van der Waals surface area (Å²) in [6.07, 6.45) is 0.847. The molecule has 31 heavy (non-hydrogen) atoms. The van der Waals surface area contributed by atoms with Crippen LogP contribution in [-0.4, -0.2) is 35.2 Å². The lowest BCUT2D eigenvalue weighted by atomic mass is 10.1. The maximum absolute atomic E-state index is 12.7. The molecule has 2 aromatic carbocycles. The molecule has 164 valence electrons. The fourth-order valence-electron chi connectivity index (χ4n) is 2.89. The molecule has 0 radical (unpaired) electrons. The van der Waals surface area contributed by atoms with Gasteiger partial charge in [-0.05, 0) is 42.8 Å². The van der Waals surface area contributed by atoms with Crippen LogP contribution in [0.4, 0.5) is 0 Å². The summed E-state index contributed by atoms with van der Waals surface area (Å²) < 4.78 is 12.3. The van der Waals surface area contributed by atoms with Crippen molar-refractivity contribution in [2.75, 3.05) is 13.7 Å². The van der Waals surface area contributed by atoms with Gasteiger partial charge in [-0.25, -0.2) is 4.68 Å². The molecule has 0 bridgehead atoms. The minimum Gasteiger partial charge on any atom is -0.497 e. The first-order valence-electron chi connectivity index (χ1n) is 9.54. The van der Waals surface area contributed by atoms with Crippen LogP contribution in [0.1, 0.15) is 24.3 Å². The number of nitrogens with two attached hydrogens (primary N) is 1. The van der Waals surface area contributed by atoms with Gasteiger partial charge in [-0.15, -0.1) is 12.4 Å². The summed E-state index contributed by atoms with van der Waals surface area (Å²) in [5.74, 6) is 0.478. The molecular formula is C22H26ClN5O3. The number of hydrogen-bond donors (Lipinski definition) is 3. The molecule has 0 fully saturated rings. The van der Waals surface area contributed by atoms with E-state index in [2.05, 4.69) is 10.4 Å². The molecular weight excluding hydrogens is 418 g/mol. The van der Waals surface area contributed by atoms with Crippen molar-refractivity contribution in [3.8, 4) is 17.0 Å². The van der Waals surface area contributed by atoms with Gasteiger partial charge in [0.2, 0.25) is 6.23 Å². The average Bonchev–Trinajstić information content (AvgIpc) is 3.26. The molecule has 0 aliphatic rings. The van der Waals surface area contributed by atoms with Crippen molar-refractivity contribution in [3.05, 3.63) is 71.9 Å². The average molecular weight is 444 g/mol. The number of aromatic nitrogens is 2. The van der Waals surface area contributed by atoms with Gasteiger partial charge < -0.3 is 20.5 Å². The third-order valence-corrected chi connectivity index (χ3v) is 4.51. The minimum atomic E-state index is -0.876. The third-order valence-electron chi connectivity index (χ3n) is 4.51. The molecule has 0 unspecified atom stereocenters. The van der Waals surface area contributed by atoms with Crippen molar-refractivity contribution in [2.24, 2.45) is 5.73 Å². The Kier molecular flexibility index (Phi) is 8.60. The van der Waals surface area contributed by atoms with Crippen LogP contribution >= 0.6 is 12.4 Å². The highest BCUT2D eigenvalue weighted by atomic mass is 35.5. The molecule has 0 aliphatic heterocycles. The SMILES string of the molecule is CCO[C@@H](C(=O)NCc1ccc(C(=N)N)cc1)n1ccc(-c2ccc(OC)cc2)n1.Cl. The Morgan fingerprint density at radius 3 is 2.42 bits per heavy atom. The van der Waals surface area contributed by atoms with Gasteiger partial charge in [0.05, 0.1) is 12.8 Å². The second kappa shape index (κ2) is 11.1. The zero-order chi connectivity index (χ0) is 21.5. The van der Waals surface area contributed by atoms with Crippen molar-refractivity contribution in [2.45, 2.75) is 19.7 Å². The van der Waals surface area contributed by atoms with Gasteiger partial charge >= 0.3 is 0 Å². The maximum atomic E-state index is 12.7. The summed E-state index contributed by atoms with van der Waals surface area (Å²) in [5, 5.41) is 14.8. The fraction of sp³-hybridized carbons (Fsp3) is 0.227. The van der Waals surface area contributed by atoms with Crippen LogP contribution in [0.25, 0.3) is 11.3 Å². The summed E-state index contributed by atoms with van der Waals surface area (Å²) in [5.41, 5.74) is 8.64. The second-order valence-electron chi connectivity index (χ2n) is 6.55. The molecule has 4 N–H and O–H groups in total. The topological polar surface area (TPSA) is 115 Å². The van der Waals surface area contributed by atoms with E-state index in [0.29, 0.717) is 18.7 Å². The first kappa shape index (κ1) is 23.9. The van der Waals surface area contributed by atoms with Gasteiger partial charge in [0.15, 0.2) is 0 Å². The normalized spacial score (nSPS) is 11.3. The lowest BCUT2D eigenvalue weighted by Crippen LogP contribution is -2.34. The van der Waals surface area contributed by atoms with E-state index in [1.54, 1.807) is 25.4 Å². The van der Waals surface area contributed by atoms with Gasteiger partial charge in [0.1, 0.15) is 11.6 Å². The van der Waals surface area contributed by atoms with Crippen LogP contribution in [-0.2, 0) is 16.1 Å². The molecule has 3 rings (SSSR count). The Morgan fingerprint density at radius 2 is 1.84 bits per heavy atom. The molecule has 9 heteroatoms. The number of nitrogen functional groups attached to an aromatic ring is 1. The van der Waals surface area contributed by atoms with E-state index in [1.807, 2.05) is 49.4 Å². The Morgan fingerprint density at radius 1 is 1.16 bits per heavy atom. The largest absolute Gasteiger partial charge is 0.497 e. The van der Waals surface area contributed by atoms with Gasteiger partial charge in [0, 0.05) is 30.5 Å². The lowest BCUT2D eigenvalue weighted by molar-refractivity contribution is -0.139. The number of halogens is 1. The quantitative estimate of drug-likeness (QED) is 0.347. The zero-order valence-electron chi connectivity index (χ0n) is 17.4. The molecule has 3 aromatic rings. The van der Waals surface area contributed by atoms with Crippen LogP contribution in [0, 0.1) is 5.41 Å². The van der Waals surface area contributed by atoms with Crippen molar-refractivity contribution in [1.29, 1.82) is 5.41 Å². The Hall–Kier alpha value is -3.36. The van der Waals surface area contributed by atoms with E-state index < -0.39 is 6.23 Å². The lowest BCUT2D eigenvalue weighted by Gasteiger charge is -2.17. The highest BCUT2D eigenvalue weighted by molar-refractivity contribution is 5.94. The number of carbonyl (C=O) groups excluding carboxylic acids is 1. The summed E-state index contributed by atoms with van der Waals surface area (Å²) in [6.45, 7) is 2.52. The number of nitrogens with one attached hydrogen (secondary N) is 2. The standard InChI is InChI=1S/C22H25N5O3.ClH/c1-3-30-22(21(28)25-14-15-4-6-17(7-5-15)20(23)24)27-13-12-19(26-27)16-8-10-18(29-2)11-9-16;/h4-13,22H,3,14H2,1-2H3,(H3,23,24)(H,25,28);1H/t22-;/m0./s1. The minimum absolute atomic E-state index is 0. The second-order valence-corrected chi connectivity index (χ2v) is 6.55. The summed E-state index contributed by atoms with van der Waals surface area (Å²) in [6, 6.07) is 16.5. The first-order valence-corrected chi connectivity index (χ1v) is 9.54. The molecule has 8 nitrogen and oxygen atoms in total. The van der Waals surface area contributed by atoms with Gasteiger partial charge in [-0.3, -0.25) is 10.2 Å². The van der Waals surface area contributed by atoms with Crippen LogP contribution in [0.3, 0.4) is 0 Å². The van der Waals surface area contributed by atoms with Crippen molar-refractivity contribution >= 4 is 24.1 Å². The number of ether oxygens (including phenoxy) is 2. The molecule has 0 saturated carbocycles. The molecule has 1 amide bonds. The first-order chi connectivity index (χ1) is 14.5. The molecule has 0 spiro atoms. The van der Waals surface area contributed by atoms with E-state index in [1.165, 1.54) is 4.68 Å². The Balaban J connectivity index is 0.00000341. The molecule has 1 heterocycles. The smallest absolute Gasteiger partial charge is 0.272 e. The number of amides is 1. The summed E-state index contributed by atoms with van der Waals surface area (Å²) in [4.78, 5) is 12.7. The van der Waals surface area contributed by atoms with Crippen LogP contribution in [0.15, 0.2) is 60.8 Å². The summed E-state index contributed by atoms with van der Waals surface area (Å²) >= 11 is 0. The number of hydrogen-bond acceptors (Lipinski definition) is 5. The van der Waals surface area contributed by atoms with E-state index in [9.17, 15) is 4.79 Å². The van der Waals surface area contributed by atoms with Crippen molar-refractivity contribution < 1.29 is 14.3 Å². The number of nitrogens with zero attached hydrogens (tertiary/aromatic N) is 2. The van der Waals surface area contributed by atoms with Crippen LogP contribution in [0.5, 0.6) is 5.75 Å². The predicted molar refractivity (Wildman–Crippen MR) is 121 cm³/mol. The summed E-state index contributed by atoms with van der Waals surface area (Å²) in [7, 11) is 1.62. The Labute approximate surface area is 187 Å². The highest BCUT2D eigenvalue weighted by Gasteiger charge is 2.21. The monoisotopic (exact) mass is 443 g/mol. The highest BCUT2D eigenvalue weighted by Crippen LogP contribution is 2.22. The number of carbonyl (C=O) groups is 1. The van der Waals surface area contributed by atoms with Crippen LogP contribution in [0.2, 0.25) is 0 Å². The van der Waals surface area contributed by atoms with E-state index in [4.69, 9.17) is 20.6 Å². The number of rotatable bonds is 9. The Bertz CT molecular complexity index is 1000. The van der Waals surface area contributed by atoms with Gasteiger partial charge in [-0.2, -0.15) is 5.10 Å². The fourth-order valence-corrected chi connectivity index (χ4v) is 2.89. The molecule has 0 saturated heterocycles. The van der Waals surface area contributed by atoms with Crippen LogP contribution < -0.4 is 15.8 Å². The predicted octanol–water partition coefficient (Wildman–Crippen LogP) is 3.12.